The number of hydrogen-bond acceptors (Lipinski definition) is 1. The molecule has 0 fully saturated rings. The average Bonchev–Trinajstić information content (AvgIpc) is 3.66. The number of benzene rings is 8. The molecule has 10 rings (SSSR count). The zero-order valence-electron chi connectivity index (χ0n) is 30.8. The normalized spacial score (nSPS) is 12.9. The van der Waals surface area contributed by atoms with Gasteiger partial charge in [0.15, 0.2) is 0 Å². The van der Waals surface area contributed by atoms with Crippen LogP contribution in [0.3, 0.4) is 0 Å². The van der Waals surface area contributed by atoms with Crippen LogP contribution in [0.4, 0.5) is 17.1 Å². The minimum atomic E-state index is -0.0238. The van der Waals surface area contributed by atoms with Crippen molar-refractivity contribution >= 4 is 38.9 Å². The third-order valence-corrected chi connectivity index (χ3v) is 11.5. The molecule has 9 aromatic rings. The van der Waals surface area contributed by atoms with Crippen molar-refractivity contribution in [3.05, 3.63) is 205 Å². The molecule has 54 heavy (non-hydrogen) atoms. The second-order valence-corrected chi connectivity index (χ2v) is 15.1. The van der Waals surface area contributed by atoms with Gasteiger partial charge in [-0.05, 0) is 130 Å². The minimum Gasteiger partial charge on any atom is -0.311 e. The summed E-state index contributed by atoms with van der Waals surface area (Å²) in [6.07, 6.45) is 0. The molecule has 258 valence electrons. The first kappa shape index (κ1) is 32.0. The maximum absolute atomic E-state index is 2.40. The second-order valence-electron chi connectivity index (χ2n) is 15.1. The van der Waals surface area contributed by atoms with Crippen LogP contribution in [0.1, 0.15) is 30.5 Å². The van der Waals surface area contributed by atoms with Crippen molar-refractivity contribution in [1.82, 2.24) is 4.57 Å². The first-order valence-electron chi connectivity index (χ1n) is 18.8. The molecule has 1 aromatic heterocycles. The molecule has 0 aliphatic heterocycles. The van der Waals surface area contributed by atoms with Crippen LogP contribution in [-0.2, 0) is 5.41 Å². The molecule has 0 saturated heterocycles. The number of aromatic nitrogens is 1. The summed E-state index contributed by atoms with van der Waals surface area (Å²) in [4.78, 5) is 2.34. The Balaban J connectivity index is 0.998. The van der Waals surface area contributed by atoms with Gasteiger partial charge in [-0.15, -0.1) is 0 Å². The first-order chi connectivity index (χ1) is 26.4. The molecule has 1 heterocycles. The number of rotatable bonds is 6. The van der Waals surface area contributed by atoms with Gasteiger partial charge in [0, 0.05) is 38.9 Å². The van der Waals surface area contributed by atoms with E-state index >= 15 is 0 Å². The Labute approximate surface area is 317 Å². The molecule has 2 nitrogen and oxygen atoms in total. The molecule has 0 bridgehead atoms. The molecule has 1 aliphatic carbocycles. The summed E-state index contributed by atoms with van der Waals surface area (Å²) in [5.41, 5.74) is 18.6. The highest BCUT2D eigenvalue weighted by Gasteiger charge is 2.35. The molecule has 1 aliphatic rings. The van der Waals surface area contributed by atoms with E-state index in [0.717, 1.165) is 17.1 Å². The fourth-order valence-corrected chi connectivity index (χ4v) is 8.69. The van der Waals surface area contributed by atoms with Crippen LogP contribution in [0.15, 0.2) is 188 Å². The standard InChI is InChI=1S/C52H40N2/c1-35-18-30-50-46(32-35)47-33-38(24-31-51(47)54(50)41-14-8-5-9-15-41)36-19-25-42(26-20-36)53(40-12-6-4-7-13-40)43-27-21-37(22-28-43)39-23-29-45-44-16-10-11-17-48(44)52(2,3)49(45)34-39/h4-34H,1-3H3. The van der Waals surface area contributed by atoms with E-state index in [1.54, 1.807) is 0 Å². The van der Waals surface area contributed by atoms with E-state index in [0.29, 0.717) is 0 Å². The monoisotopic (exact) mass is 692 g/mol. The zero-order valence-corrected chi connectivity index (χ0v) is 30.8. The van der Waals surface area contributed by atoms with Crippen LogP contribution in [-0.4, -0.2) is 4.57 Å². The molecule has 0 radical (unpaired) electrons. The van der Waals surface area contributed by atoms with Crippen molar-refractivity contribution in [2.24, 2.45) is 0 Å². The largest absolute Gasteiger partial charge is 0.311 e. The number of hydrogen-bond donors (Lipinski definition) is 0. The van der Waals surface area contributed by atoms with Crippen LogP contribution < -0.4 is 4.90 Å². The van der Waals surface area contributed by atoms with Crippen molar-refractivity contribution in [1.29, 1.82) is 0 Å². The van der Waals surface area contributed by atoms with Gasteiger partial charge in [-0.3, -0.25) is 0 Å². The Morgan fingerprint density at radius 1 is 0.407 bits per heavy atom. The maximum Gasteiger partial charge on any atom is 0.0541 e. The summed E-state index contributed by atoms with van der Waals surface area (Å²) >= 11 is 0. The average molecular weight is 693 g/mol. The van der Waals surface area contributed by atoms with E-state index in [9.17, 15) is 0 Å². The lowest BCUT2D eigenvalue weighted by atomic mass is 9.81. The fourth-order valence-electron chi connectivity index (χ4n) is 8.69. The van der Waals surface area contributed by atoms with Crippen LogP contribution in [0.2, 0.25) is 0 Å². The predicted molar refractivity (Wildman–Crippen MR) is 229 cm³/mol. The molecule has 0 saturated carbocycles. The Kier molecular flexibility index (Phi) is 7.42. The number of anilines is 3. The molecule has 0 atom stereocenters. The lowest BCUT2D eigenvalue weighted by Gasteiger charge is -2.26. The summed E-state index contributed by atoms with van der Waals surface area (Å²) in [5, 5.41) is 2.54. The van der Waals surface area contributed by atoms with Gasteiger partial charge < -0.3 is 9.47 Å². The Morgan fingerprint density at radius 3 is 1.59 bits per heavy atom. The van der Waals surface area contributed by atoms with E-state index in [2.05, 4.69) is 218 Å². The third-order valence-electron chi connectivity index (χ3n) is 11.5. The van der Waals surface area contributed by atoms with Crippen molar-refractivity contribution in [3.8, 4) is 39.1 Å². The number of nitrogens with zero attached hydrogens (tertiary/aromatic N) is 2. The molecule has 8 aromatic carbocycles. The molecule has 0 amide bonds. The van der Waals surface area contributed by atoms with Crippen LogP contribution in [0.25, 0.3) is 60.9 Å². The SMILES string of the molecule is Cc1ccc2c(c1)c1cc(-c3ccc(N(c4ccccc4)c4ccc(-c5ccc6c(c5)C(C)(C)c5ccccc5-6)cc4)cc3)ccc1n2-c1ccccc1. The Hall–Kier alpha value is -6.64. The molecule has 0 N–H and O–H groups in total. The van der Waals surface area contributed by atoms with Gasteiger partial charge in [-0.25, -0.2) is 0 Å². The lowest BCUT2D eigenvalue weighted by Crippen LogP contribution is -2.14. The van der Waals surface area contributed by atoms with Crippen molar-refractivity contribution in [2.75, 3.05) is 4.90 Å². The predicted octanol–water partition coefficient (Wildman–Crippen LogP) is 14.2. The Morgan fingerprint density at radius 2 is 0.907 bits per heavy atom. The van der Waals surface area contributed by atoms with E-state index in [-0.39, 0.29) is 5.41 Å². The number of para-hydroxylation sites is 2. The van der Waals surface area contributed by atoms with Gasteiger partial charge in [0.1, 0.15) is 0 Å². The van der Waals surface area contributed by atoms with Crippen molar-refractivity contribution < 1.29 is 0 Å². The highest BCUT2D eigenvalue weighted by atomic mass is 15.1. The third kappa shape index (κ3) is 5.17. The molecular weight excluding hydrogens is 653 g/mol. The van der Waals surface area contributed by atoms with Gasteiger partial charge in [-0.1, -0.05) is 129 Å². The van der Waals surface area contributed by atoms with Gasteiger partial charge in [0.05, 0.1) is 11.0 Å². The maximum atomic E-state index is 2.40. The Bertz CT molecular complexity index is 2830. The summed E-state index contributed by atoms with van der Waals surface area (Å²) in [6.45, 7) is 6.86. The second kappa shape index (κ2) is 12.5. The smallest absolute Gasteiger partial charge is 0.0541 e. The zero-order chi connectivity index (χ0) is 36.4. The van der Waals surface area contributed by atoms with E-state index in [1.807, 2.05) is 0 Å². The minimum absolute atomic E-state index is 0.0238. The summed E-state index contributed by atoms with van der Waals surface area (Å²) in [6, 6.07) is 68.9. The summed E-state index contributed by atoms with van der Waals surface area (Å²) < 4.78 is 2.38. The summed E-state index contributed by atoms with van der Waals surface area (Å²) in [5.74, 6) is 0. The van der Waals surface area contributed by atoms with Gasteiger partial charge >= 0.3 is 0 Å². The number of aryl methyl sites for hydroxylation is 1. The molecule has 2 heteroatoms. The van der Waals surface area contributed by atoms with Gasteiger partial charge in [0.25, 0.3) is 0 Å². The topological polar surface area (TPSA) is 8.17 Å². The van der Waals surface area contributed by atoms with E-state index < -0.39 is 0 Å². The van der Waals surface area contributed by atoms with Gasteiger partial charge in [0.2, 0.25) is 0 Å². The van der Waals surface area contributed by atoms with Crippen LogP contribution >= 0.6 is 0 Å². The quantitative estimate of drug-likeness (QED) is 0.168. The van der Waals surface area contributed by atoms with Crippen LogP contribution in [0.5, 0.6) is 0 Å². The lowest BCUT2D eigenvalue weighted by molar-refractivity contribution is 0.660. The van der Waals surface area contributed by atoms with E-state index in [1.165, 1.54) is 77.6 Å². The highest BCUT2D eigenvalue weighted by Crippen LogP contribution is 2.49. The highest BCUT2D eigenvalue weighted by molar-refractivity contribution is 6.10. The van der Waals surface area contributed by atoms with Gasteiger partial charge in [-0.2, -0.15) is 0 Å². The summed E-state index contributed by atoms with van der Waals surface area (Å²) in [7, 11) is 0. The first-order valence-corrected chi connectivity index (χ1v) is 18.8. The van der Waals surface area contributed by atoms with Crippen molar-refractivity contribution in [2.45, 2.75) is 26.2 Å². The number of fused-ring (bicyclic) bond motifs is 6. The molecule has 0 unspecified atom stereocenters. The molecule has 0 spiro atoms. The van der Waals surface area contributed by atoms with E-state index in [4.69, 9.17) is 0 Å². The van der Waals surface area contributed by atoms with Crippen molar-refractivity contribution in [3.63, 3.8) is 0 Å². The fraction of sp³-hybridized carbons (Fsp3) is 0.0769. The van der Waals surface area contributed by atoms with Crippen LogP contribution in [0, 0.1) is 6.92 Å². The molecular formula is C52H40N2.